The highest BCUT2D eigenvalue weighted by Crippen LogP contribution is 2.49. The van der Waals surface area contributed by atoms with Crippen molar-refractivity contribution in [1.29, 1.82) is 0 Å². The van der Waals surface area contributed by atoms with Gasteiger partial charge >= 0.3 is 0 Å². The number of hydrogen-bond acceptors (Lipinski definition) is 2. The monoisotopic (exact) mass is 318 g/mol. The highest BCUT2D eigenvalue weighted by Gasteiger charge is 2.52. The fourth-order valence-electron chi connectivity index (χ4n) is 4.28. The summed E-state index contributed by atoms with van der Waals surface area (Å²) in [5, 5.41) is 4.09. The summed E-state index contributed by atoms with van der Waals surface area (Å²) in [5.41, 5.74) is 0.767. The topological polar surface area (TPSA) is 32.3 Å². The first-order valence-electron chi connectivity index (χ1n) is 8.50. The van der Waals surface area contributed by atoms with Gasteiger partial charge < -0.3 is 5.32 Å². The minimum Gasteiger partial charge on any atom is -0.351 e. The molecule has 2 heterocycles. The van der Waals surface area contributed by atoms with Crippen molar-refractivity contribution < 1.29 is 4.79 Å². The summed E-state index contributed by atoms with van der Waals surface area (Å²) in [4.78, 5) is 15.5. The maximum Gasteiger partial charge on any atom is 0.230 e. The van der Waals surface area contributed by atoms with Crippen LogP contribution in [0.25, 0.3) is 0 Å². The molecular weight excluding hydrogens is 296 g/mol. The first-order valence-corrected chi connectivity index (χ1v) is 8.88. The lowest BCUT2D eigenvalue weighted by Crippen LogP contribution is -2.49. The van der Waals surface area contributed by atoms with Crippen molar-refractivity contribution in [3.8, 4) is 0 Å². The Morgan fingerprint density at radius 1 is 1.23 bits per heavy atom. The minimum atomic E-state index is -0.313. The van der Waals surface area contributed by atoms with E-state index in [1.54, 1.807) is 0 Å². The van der Waals surface area contributed by atoms with Gasteiger partial charge in [0.05, 0.1) is 5.41 Å². The van der Waals surface area contributed by atoms with Gasteiger partial charge in [-0.25, -0.2) is 0 Å². The number of piperidine rings is 1. The molecule has 0 aromatic heterocycles. The standard InChI is InChI=1S/C18H23ClN2O/c19-14-5-3-4-13(12-14)18(8-9-18)17(22)20-15-7-11-21-10-2-1-6-16(15)21/h3-5,12,15-16H,1-2,6-11H2,(H,20,22)/t15-,16-/m0/s1. The van der Waals surface area contributed by atoms with Crippen LogP contribution in [0.2, 0.25) is 5.02 Å². The smallest absolute Gasteiger partial charge is 0.230 e. The molecule has 1 aromatic rings. The molecule has 1 N–H and O–H groups in total. The lowest BCUT2D eigenvalue weighted by atomic mass is 9.93. The molecule has 3 fully saturated rings. The summed E-state index contributed by atoms with van der Waals surface area (Å²) < 4.78 is 0. The van der Waals surface area contributed by atoms with Crippen molar-refractivity contribution in [2.24, 2.45) is 0 Å². The van der Waals surface area contributed by atoms with E-state index in [0.29, 0.717) is 12.1 Å². The van der Waals surface area contributed by atoms with Crippen LogP contribution in [0.3, 0.4) is 0 Å². The third-order valence-electron chi connectivity index (χ3n) is 5.73. The summed E-state index contributed by atoms with van der Waals surface area (Å²) in [6.07, 6.45) is 6.83. The fourth-order valence-corrected chi connectivity index (χ4v) is 4.47. The van der Waals surface area contributed by atoms with Crippen LogP contribution in [-0.2, 0) is 10.2 Å². The summed E-state index contributed by atoms with van der Waals surface area (Å²) in [5.74, 6) is 0.215. The zero-order valence-corrected chi connectivity index (χ0v) is 13.6. The molecule has 0 radical (unpaired) electrons. The van der Waals surface area contributed by atoms with Crippen LogP contribution in [-0.4, -0.2) is 36.0 Å². The summed E-state index contributed by atoms with van der Waals surface area (Å²) >= 11 is 6.11. The minimum absolute atomic E-state index is 0.215. The van der Waals surface area contributed by atoms with Gasteiger partial charge in [-0.15, -0.1) is 0 Å². The number of nitrogens with one attached hydrogen (secondary N) is 1. The number of carbonyl (C=O) groups is 1. The van der Waals surface area contributed by atoms with Crippen molar-refractivity contribution in [3.05, 3.63) is 34.9 Å². The Balaban J connectivity index is 1.48. The number of fused-ring (bicyclic) bond motifs is 1. The molecule has 0 spiro atoms. The Kier molecular flexibility index (Phi) is 3.66. The summed E-state index contributed by atoms with van der Waals surface area (Å²) in [7, 11) is 0. The molecule has 3 nitrogen and oxygen atoms in total. The van der Waals surface area contributed by atoms with Crippen molar-refractivity contribution in [2.75, 3.05) is 13.1 Å². The molecule has 2 saturated heterocycles. The Labute approximate surface area is 137 Å². The molecule has 0 unspecified atom stereocenters. The average Bonchev–Trinajstić information content (AvgIpc) is 3.25. The second-order valence-corrected chi connectivity index (χ2v) is 7.50. The van der Waals surface area contributed by atoms with Gasteiger partial charge in [-0.1, -0.05) is 30.2 Å². The number of nitrogens with zero attached hydrogens (tertiary/aromatic N) is 1. The van der Waals surface area contributed by atoms with Crippen molar-refractivity contribution in [2.45, 2.75) is 56.0 Å². The van der Waals surface area contributed by atoms with Crippen LogP contribution in [0.5, 0.6) is 0 Å². The van der Waals surface area contributed by atoms with Crippen LogP contribution in [0, 0.1) is 0 Å². The van der Waals surface area contributed by atoms with E-state index in [9.17, 15) is 4.79 Å². The highest BCUT2D eigenvalue weighted by atomic mass is 35.5. The Hall–Kier alpha value is -1.06. The molecule has 22 heavy (non-hydrogen) atoms. The largest absolute Gasteiger partial charge is 0.351 e. The van der Waals surface area contributed by atoms with Gasteiger partial charge in [0.1, 0.15) is 0 Å². The van der Waals surface area contributed by atoms with Gasteiger partial charge in [0.15, 0.2) is 0 Å². The molecular formula is C18H23ClN2O. The second kappa shape index (κ2) is 5.54. The molecule has 2 aliphatic heterocycles. The summed E-state index contributed by atoms with van der Waals surface area (Å²) in [6.45, 7) is 2.34. The summed E-state index contributed by atoms with van der Waals surface area (Å²) in [6, 6.07) is 8.71. The van der Waals surface area contributed by atoms with E-state index in [-0.39, 0.29) is 11.3 Å². The van der Waals surface area contributed by atoms with Crippen molar-refractivity contribution in [1.82, 2.24) is 10.2 Å². The molecule has 3 aliphatic rings. The molecule has 0 bridgehead atoms. The molecule has 1 aliphatic carbocycles. The average molecular weight is 319 g/mol. The SMILES string of the molecule is O=C(N[C@H]1CCN2CCCC[C@@H]12)C1(c2cccc(Cl)c2)CC1. The third-order valence-corrected chi connectivity index (χ3v) is 5.97. The Morgan fingerprint density at radius 3 is 2.86 bits per heavy atom. The zero-order valence-electron chi connectivity index (χ0n) is 12.9. The predicted molar refractivity (Wildman–Crippen MR) is 88.1 cm³/mol. The first-order chi connectivity index (χ1) is 10.7. The van der Waals surface area contributed by atoms with Crippen LogP contribution < -0.4 is 5.32 Å². The second-order valence-electron chi connectivity index (χ2n) is 7.06. The molecule has 1 aromatic carbocycles. The third kappa shape index (κ3) is 2.44. The molecule has 118 valence electrons. The highest BCUT2D eigenvalue weighted by molar-refractivity contribution is 6.30. The molecule has 4 rings (SSSR count). The number of benzene rings is 1. The maximum absolute atomic E-state index is 12.9. The normalized spacial score (nSPS) is 29.9. The Morgan fingerprint density at radius 2 is 2.09 bits per heavy atom. The predicted octanol–water partition coefficient (Wildman–Crippen LogP) is 3.11. The van der Waals surface area contributed by atoms with Gasteiger partial charge in [0, 0.05) is 23.7 Å². The lowest BCUT2D eigenvalue weighted by molar-refractivity contribution is -0.124. The lowest BCUT2D eigenvalue weighted by Gasteiger charge is -2.33. The number of rotatable bonds is 3. The molecule has 1 amide bonds. The van der Waals surface area contributed by atoms with E-state index in [2.05, 4.69) is 10.2 Å². The number of hydrogen-bond donors (Lipinski definition) is 1. The fraction of sp³-hybridized carbons (Fsp3) is 0.611. The first kappa shape index (κ1) is 14.5. The van der Waals surface area contributed by atoms with Crippen LogP contribution in [0.15, 0.2) is 24.3 Å². The molecule has 4 heteroatoms. The van der Waals surface area contributed by atoms with Gasteiger partial charge in [0.2, 0.25) is 5.91 Å². The van der Waals surface area contributed by atoms with E-state index < -0.39 is 0 Å². The Bertz CT molecular complexity index is 584. The van der Waals surface area contributed by atoms with Crippen molar-refractivity contribution in [3.63, 3.8) is 0 Å². The van der Waals surface area contributed by atoms with Gasteiger partial charge in [-0.05, 0) is 56.3 Å². The van der Waals surface area contributed by atoms with Crippen molar-refractivity contribution >= 4 is 17.5 Å². The van der Waals surface area contributed by atoms with Crippen LogP contribution in [0.1, 0.15) is 44.1 Å². The number of carbonyl (C=O) groups excluding carboxylic acids is 1. The maximum atomic E-state index is 12.9. The van der Waals surface area contributed by atoms with Gasteiger partial charge in [-0.2, -0.15) is 0 Å². The van der Waals surface area contributed by atoms with Crippen LogP contribution >= 0.6 is 11.6 Å². The van der Waals surface area contributed by atoms with E-state index in [0.717, 1.165) is 36.4 Å². The van der Waals surface area contributed by atoms with Crippen LogP contribution in [0.4, 0.5) is 0 Å². The molecule has 1 saturated carbocycles. The number of halogens is 1. The van der Waals surface area contributed by atoms with E-state index in [4.69, 9.17) is 11.6 Å². The zero-order chi connectivity index (χ0) is 15.2. The molecule has 2 atom stereocenters. The quantitative estimate of drug-likeness (QED) is 0.928. The number of amides is 1. The van der Waals surface area contributed by atoms with Gasteiger partial charge in [0.25, 0.3) is 0 Å². The van der Waals surface area contributed by atoms with E-state index in [1.807, 2.05) is 24.3 Å². The van der Waals surface area contributed by atoms with Gasteiger partial charge in [-0.3, -0.25) is 9.69 Å². The van der Waals surface area contributed by atoms with E-state index in [1.165, 1.54) is 25.8 Å². The van der Waals surface area contributed by atoms with E-state index >= 15 is 0 Å².